The molecule has 4 N–H and O–H groups in total. The topological polar surface area (TPSA) is 91.2 Å². The number of amides is 2. The van der Waals surface area contributed by atoms with Gasteiger partial charge in [0.05, 0.1) is 23.4 Å². The van der Waals surface area contributed by atoms with Crippen molar-refractivity contribution in [1.29, 1.82) is 0 Å². The minimum Gasteiger partial charge on any atom is -0.359 e. The van der Waals surface area contributed by atoms with Gasteiger partial charge in [0.15, 0.2) is 0 Å². The summed E-state index contributed by atoms with van der Waals surface area (Å²) < 4.78 is 15.1. The number of nitrogens with zero attached hydrogens (tertiary/aromatic N) is 1. The van der Waals surface area contributed by atoms with E-state index in [2.05, 4.69) is 22.1 Å². The second-order valence-corrected chi connectivity index (χ2v) is 9.26. The van der Waals surface area contributed by atoms with Crippen molar-refractivity contribution in [2.24, 2.45) is 11.7 Å². The van der Waals surface area contributed by atoms with Crippen LogP contribution in [0.25, 0.3) is 11.6 Å². The van der Waals surface area contributed by atoms with Gasteiger partial charge in [0.25, 0.3) is 11.8 Å². The van der Waals surface area contributed by atoms with E-state index in [1.807, 2.05) is 19.9 Å². The number of anilines is 1. The molecule has 2 heterocycles. The Morgan fingerprint density at radius 3 is 2.60 bits per heavy atom. The summed E-state index contributed by atoms with van der Waals surface area (Å²) in [5, 5.41) is 2.62. The van der Waals surface area contributed by atoms with Crippen LogP contribution >= 0.6 is 12.4 Å². The van der Waals surface area contributed by atoms with Crippen LogP contribution in [0.1, 0.15) is 65.5 Å². The summed E-state index contributed by atoms with van der Waals surface area (Å²) in [5.41, 5.74) is 10.3. The first kappa shape index (κ1) is 26.5. The lowest BCUT2D eigenvalue weighted by atomic mass is 9.86. The van der Waals surface area contributed by atoms with Gasteiger partial charge in [-0.15, -0.1) is 18.3 Å². The Morgan fingerprint density at radius 2 is 1.97 bits per heavy atom. The first-order valence-corrected chi connectivity index (χ1v) is 11.8. The van der Waals surface area contributed by atoms with Crippen LogP contribution in [0.2, 0.25) is 0 Å². The number of aromatic amines is 1. The van der Waals surface area contributed by atoms with Crippen molar-refractivity contribution in [2.45, 2.75) is 52.5 Å². The molecule has 1 aliphatic heterocycles. The summed E-state index contributed by atoms with van der Waals surface area (Å²) in [6, 6.07) is 5.02. The second kappa shape index (κ2) is 11.1. The quantitative estimate of drug-likeness (QED) is 0.423. The van der Waals surface area contributed by atoms with E-state index in [4.69, 9.17) is 5.73 Å². The SMILES string of the molecule is CC#CCNC(=O)c1cc2c(cc1F)/C(=C/c1[nH]c(C)cc1C)C(=O)N2CC1CCC(N)CC1.Cl. The number of aryl methyl sites for hydroxylation is 2. The number of fused-ring (bicyclic) bond motifs is 1. The minimum absolute atomic E-state index is 0. The monoisotopic (exact) mass is 498 g/mol. The van der Waals surface area contributed by atoms with Gasteiger partial charge >= 0.3 is 0 Å². The lowest BCUT2D eigenvalue weighted by Crippen LogP contribution is -2.36. The Morgan fingerprint density at radius 1 is 1.26 bits per heavy atom. The van der Waals surface area contributed by atoms with Gasteiger partial charge in [-0.2, -0.15) is 0 Å². The van der Waals surface area contributed by atoms with Gasteiger partial charge in [-0.3, -0.25) is 9.59 Å². The van der Waals surface area contributed by atoms with Crippen LogP contribution in [0.3, 0.4) is 0 Å². The third kappa shape index (κ3) is 5.61. The molecule has 1 saturated carbocycles. The van der Waals surface area contributed by atoms with Crippen molar-refractivity contribution < 1.29 is 14.0 Å². The van der Waals surface area contributed by atoms with E-state index >= 15 is 4.39 Å². The molecule has 35 heavy (non-hydrogen) atoms. The number of aromatic nitrogens is 1. The third-order valence-corrected chi connectivity index (χ3v) is 6.71. The highest BCUT2D eigenvalue weighted by atomic mass is 35.5. The van der Waals surface area contributed by atoms with E-state index in [0.717, 1.165) is 42.6 Å². The fourth-order valence-corrected chi connectivity index (χ4v) is 4.85. The molecule has 0 spiro atoms. The molecule has 0 bridgehead atoms. The van der Waals surface area contributed by atoms with E-state index in [9.17, 15) is 9.59 Å². The number of hydrogen-bond acceptors (Lipinski definition) is 3. The zero-order chi connectivity index (χ0) is 24.4. The largest absolute Gasteiger partial charge is 0.359 e. The van der Waals surface area contributed by atoms with Gasteiger partial charge in [0.1, 0.15) is 5.82 Å². The van der Waals surface area contributed by atoms with Crippen molar-refractivity contribution in [3.05, 3.63) is 52.1 Å². The highest BCUT2D eigenvalue weighted by molar-refractivity contribution is 6.36. The normalized spacial score (nSPS) is 20.2. The molecule has 0 saturated heterocycles. The van der Waals surface area contributed by atoms with Crippen LogP contribution in [-0.4, -0.2) is 35.9 Å². The summed E-state index contributed by atoms with van der Waals surface area (Å²) in [6.07, 6.45) is 5.53. The number of halogens is 2. The minimum atomic E-state index is -0.663. The molecule has 0 unspecified atom stereocenters. The molecule has 2 aliphatic rings. The lowest BCUT2D eigenvalue weighted by Gasteiger charge is -2.30. The average Bonchev–Trinajstić information content (AvgIpc) is 3.25. The van der Waals surface area contributed by atoms with Crippen LogP contribution in [0, 0.1) is 37.4 Å². The highest BCUT2D eigenvalue weighted by Gasteiger charge is 2.36. The van der Waals surface area contributed by atoms with Gasteiger partial charge in [-0.1, -0.05) is 5.92 Å². The van der Waals surface area contributed by atoms with Gasteiger partial charge in [0, 0.05) is 29.5 Å². The standard InChI is InChI=1S/C27H31FN4O2.ClH/c1-4-5-10-30-26(33)22-14-25-20(12-23(22)28)21(13-24-16(2)11-17(3)31-24)27(34)32(25)15-18-6-8-19(29)9-7-18;/h11-14,18-19,31H,6-10,15,29H2,1-3H3,(H,30,33);1H/b21-13-;. The molecule has 4 rings (SSSR count). The molecule has 2 amide bonds. The van der Waals surface area contributed by atoms with E-state index in [0.29, 0.717) is 29.3 Å². The number of nitrogens with one attached hydrogen (secondary N) is 2. The van der Waals surface area contributed by atoms with Gasteiger partial charge in [-0.05, 0) is 82.2 Å². The van der Waals surface area contributed by atoms with Crippen LogP contribution < -0.4 is 16.0 Å². The summed E-state index contributed by atoms with van der Waals surface area (Å²) in [5.74, 6) is 4.37. The predicted octanol–water partition coefficient (Wildman–Crippen LogP) is 4.35. The number of carbonyl (C=O) groups excluding carboxylic acids is 2. The summed E-state index contributed by atoms with van der Waals surface area (Å²) in [7, 11) is 0. The molecular weight excluding hydrogens is 467 g/mol. The number of rotatable bonds is 5. The number of hydrogen-bond donors (Lipinski definition) is 3. The predicted molar refractivity (Wildman–Crippen MR) is 140 cm³/mol. The van der Waals surface area contributed by atoms with E-state index in [-0.39, 0.29) is 36.5 Å². The van der Waals surface area contributed by atoms with Gasteiger partial charge < -0.3 is 20.9 Å². The first-order chi connectivity index (χ1) is 16.3. The molecule has 1 aromatic carbocycles. The average molecular weight is 499 g/mol. The van der Waals surface area contributed by atoms with Crippen molar-refractivity contribution in [3.63, 3.8) is 0 Å². The summed E-state index contributed by atoms with van der Waals surface area (Å²) in [6.45, 7) is 6.24. The van der Waals surface area contributed by atoms with E-state index in [1.165, 1.54) is 12.1 Å². The Labute approximate surface area is 211 Å². The Kier molecular flexibility index (Phi) is 8.42. The third-order valence-electron chi connectivity index (χ3n) is 6.71. The first-order valence-electron chi connectivity index (χ1n) is 11.8. The number of benzene rings is 1. The van der Waals surface area contributed by atoms with Crippen molar-refractivity contribution >= 4 is 41.6 Å². The lowest BCUT2D eigenvalue weighted by molar-refractivity contribution is -0.113. The second-order valence-electron chi connectivity index (χ2n) is 9.26. The van der Waals surface area contributed by atoms with Crippen molar-refractivity contribution in [2.75, 3.05) is 18.0 Å². The van der Waals surface area contributed by atoms with Gasteiger partial charge in [0.2, 0.25) is 0 Å². The maximum Gasteiger partial charge on any atom is 0.259 e. The molecule has 186 valence electrons. The van der Waals surface area contributed by atoms with Crippen LogP contribution in [0.5, 0.6) is 0 Å². The summed E-state index contributed by atoms with van der Waals surface area (Å²) >= 11 is 0. The number of H-pyrrole nitrogens is 1. The van der Waals surface area contributed by atoms with Crippen molar-refractivity contribution in [3.8, 4) is 11.8 Å². The molecule has 6 nitrogen and oxygen atoms in total. The fourth-order valence-electron chi connectivity index (χ4n) is 4.85. The Bertz CT molecular complexity index is 1220. The zero-order valence-corrected chi connectivity index (χ0v) is 21.2. The van der Waals surface area contributed by atoms with Crippen LogP contribution in [0.15, 0.2) is 18.2 Å². The molecule has 1 fully saturated rings. The van der Waals surface area contributed by atoms with Crippen molar-refractivity contribution in [1.82, 2.24) is 10.3 Å². The van der Waals surface area contributed by atoms with E-state index < -0.39 is 11.7 Å². The highest BCUT2D eigenvalue weighted by Crippen LogP contribution is 2.41. The molecule has 2 aromatic rings. The van der Waals surface area contributed by atoms with E-state index in [1.54, 1.807) is 17.9 Å². The zero-order valence-electron chi connectivity index (χ0n) is 20.3. The van der Waals surface area contributed by atoms with Gasteiger partial charge in [-0.25, -0.2) is 4.39 Å². The molecule has 0 atom stereocenters. The molecule has 8 heteroatoms. The molecule has 1 aliphatic carbocycles. The van der Waals surface area contributed by atoms with Crippen LogP contribution in [0.4, 0.5) is 10.1 Å². The maximum absolute atomic E-state index is 15.1. The molecule has 1 aromatic heterocycles. The fraction of sp³-hybridized carbons (Fsp3) is 0.407. The number of carbonyl (C=O) groups is 2. The number of nitrogens with two attached hydrogens (primary N) is 1. The summed E-state index contributed by atoms with van der Waals surface area (Å²) in [4.78, 5) is 31.2. The van der Waals surface area contributed by atoms with Crippen LogP contribution in [-0.2, 0) is 4.79 Å². The smallest absolute Gasteiger partial charge is 0.259 e. The maximum atomic E-state index is 15.1. The molecule has 0 radical (unpaired) electrons. The Hall–Kier alpha value is -3.08. The molecular formula is C27H32ClFN4O2. The Balaban J connectivity index is 0.00000342.